The van der Waals surface area contributed by atoms with Crippen molar-refractivity contribution in [3.63, 3.8) is 0 Å². The van der Waals surface area contributed by atoms with Crippen LogP contribution in [0.15, 0.2) is 30.6 Å². The van der Waals surface area contributed by atoms with Crippen molar-refractivity contribution in [2.24, 2.45) is 0 Å². The number of nitrogens with zero attached hydrogens (tertiary/aromatic N) is 2. The molecule has 3 nitrogen and oxygen atoms in total. The zero-order valence-corrected chi connectivity index (χ0v) is 11.9. The van der Waals surface area contributed by atoms with Crippen LogP contribution in [-0.2, 0) is 6.54 Å². The van der Waals surface area contributed by atoms with Crippen LogP contribution in [0.2, 0.25) is 0 Å². The third-order valence-corrected chi connectivity index (χ3v) is 4.27. The molecule has 0 fully saturated rings. The minimum atomic E-state index is -0.209. The molecule has 2 aromatic rings. The number of hydrogen-bond donors (Lipinski definition) is 1. The molecule has 2 heterocycles. The molecule has 2 aromatic heterocycles. The maximum absolute atomic E-state index is 6.00. The van der Waals surface area contributed by atoms with E-state index in [1.54, 1.807) is 0 Å². The number of pyridine rings is 1. The highest BCUT2D eigenvalue weighted by Crippen LogP contribution is 2.16. The Morgan fingerprint density at radius 3 is 2.72 bits per heavy atom. The topological polar surface area (TPSA) is 29.3 Å². The van der Waals surface area contributed by atoms with E-state index in [0.29, 0.717) is 18.3 Å². The summed E-state index contributed by atoms with van der Waals surface area (Å²) in [7, 11) is 0. The molecule has 0 aromatic carbocycles. The largest absolute Gasteiger partial charge is 0.307 e. The first-order chi connectivity index (χ1) is 8.73. The number of fused-ring (bicyclic) bond motifs is 1. The Hall–Kier alpha value is -0.770. The molecule has 0 aliphatic heterocycles. The van der Waals surface area contributed by atoms with Gasteiger partial charge in [0.25, 0.3) is 0 Å². The van der Waals surface area contributed by atoms with Gasteiger partial charge in [-0.3, -0.25) is 0 Å². The number of rotatable bonds is 6. The Morgan fingerprint density at radius 2 is 2.11 bits per heavy atom. The molecule has 0 aliphatic rings. The highest BCUT2D eigenvalue weighted by molar-refractivity contribution is 6.22. The molecule has 0 amide bonds. The summed E-state index contributed by atoms with van der Waals surface area (Å²) in [4.78, 5) is 4.53. The van der Waals surface area contributed by atoms with E-state index in [1.165, 1.54) is 0 Å². The summed E-state index contributed by atoms with van der Waals surface area (Å²) in [6.45, 7) is 2.76. The van der Waals surface area contributed by atoms with Gasteiger partial charge in [0.05, 0.1) is 5.69 Å². The molecule has 0 spiro atoms. The lowest BCUT2D eigenvalue weighted by Gasteiger charge is -2.29. The molecular weight excluding hydrogens is 269 g/mol. The predicted molar refractivity (Wildman–Crippen MR) is 76.5 cm³/mol. The van der Waals surface area contributed by atoms with Gasteiger partial charge in [-0.1, -0.05) is 13.0 Å². The van der Waals surface area contributed by atoms with Gasteiger partial charge in [-0.05, 0) is 18.6 Å². The summed E-state index contributed by atoms with van der Waals surface area (Å²) < 4.78 is 2.01. The Kier molecular flexibility index (Phi) is 4.49. The highest BCUT2D eigenvalue weighted by Gasteiger charge is 2.25. The maximum atomic E-state index is 6.00. The van der Waals surface area contributed by atoms with Gasteiger partial charge in [-0.2, -0.15) is 0 Å². The second kappa shape index (κ2) is 5.91. The first-order valence-corrected chi connectivity index (χ1v) is 7.09. The number of alkyl halides is 2. The summed E-state index contributed by atoms with van der Waals surface area (Å²) in [6, 6.07) is 5.95. The van der Waals surface area contributed by atoms with E-state index in [4.69, 9.17) is 23.2 Å². The van der Waals surface area contributed by atoms with E-state index in [-0.39, 0.29) is 5.54 Å². The third-order valence-electron chi connectivity index (χ3n) is 3.25. The lowest BCUT2D eigenvalue weighted by atomic mass is 10.0. The van der Waals surface area contributed by atoms with Crippen LogP contribution in [0.5, 0.6) is 0 Å². The molecule has 5 heteroatoms. The normalized spacial score (nSPS) is 12.2. The molecule has 0 aliphatic carbocycles. The van der Waals surface area contributed by atoms with E-state index in [2.05, 4.69) is 17.2 Å². The van der Waals surface area contributed by atoms with Crippen molar-refractivity contribution in [3.05, 3.63) is 36.3 Å². The SMILES string of the molecule is CCC(CCl)(CCl)NCc1cn2ccccc2n1. The van der Waals surface area contributed by atoms with Crippen molar-refractivity contribution >= 4 is 28.8 Å². The van der Waals surface area contributed by atoms with E-state index >= 15 is 0 Å². The standard InChI is InChI=1S/C13H17Cl2N3/c1-2-13(9-14,10-15)16-7-11-8-18-6-4-3-5-12(18)17-11/h3-6,8,16H,2,7,9-10H2,1H3. The van der Waals surface area contributed by atoms with Gasteiger partial charge in [-0.15, -0.1) is 23.2 Å². The number of nitrogens with one attached hydrogen (secondary N) is 1. The smallest absolute Gasteiger partial charge is 0.137 e. The van der Waals surface area contributed by atoms with Gasteiger partial charge in [-0.25, -0.2) is 4.98 Å². The molecule has 1 N–H and O–H groups in total. The van der Waals surface area contributed by atoms with Crippen molar-refractivity contribution in [2.75, 3.05) is 11.8 Å². The van der Waals surface area contributed by atoms with E-state index < -0.39 is 0 Å². The molecule has 18 heavy (non-hydrogen) atoms. The summed E-state index contributed by atoms with van der Waals surface area (Å²) in [5, 5.41) is 3.42. The van der Waals surface area contributed by atoms with Gasteiger partial charge in [0.1, 0.15) is 5.65 Å². The monoisotopic (exact) mass is 285 g/mol. The van der Waals surface area contributed by atoms with E-state index in [9.17, 15) is 0 Å². The Morgan fingerprint density at radius 1 is 1.33 bits per heavy atom. The summed E-state index contributed by atoms with van der Waals surface area (Å²) in [6.07, 6.45) is 4.90. The summed E-state index contributed by atoms with van der Waals surface area (Å²) in [5.74, 6) is 1.00. The first-order valence-electron chi connectivity index (χ1n) is 6.02. The maximum Gasteiger partial charge on any atom is 0.137 e. The highest BCUT2D eigenvalue weighted by atomic mass is 35.5. The van der Waals surface area contributed by atoms with Crippen LogP contribution < -0.4 is 5.32 Å². The Bertz CT molecular complexity index is 464. The number of imidazole rings is 1. The zero-order chi connectivity index (χ0) is 13.0. The van der Waals surface area contributed by atoms with Crippen LogP contribution in [0.4, 0.5) is 0 Å². The van der Waals surface area contributed by atoms with Crippen LogP contribution in [0.1, 0.15) is 19.0 Å². The zero-order valence-electron chi connectivity index (χ0n) is 10.4. The average molecular weight is 286 g/mol. The van der Waals surface area contributed by atoms with Crippen molar-refractivity contribution in [1.29, 1.82) is 0 Å². The molecule has 98 valence electrons. The summed E-state index contributed by atoms with van der Waals surface area (Å²) in [5.41, 5.74) is 1.74. The third kappa shape index (κ3) is 2.79. The van der Waals surface area contributed by atoms with Crippen molar-refractivity contribution in [1.82, 2.24) is 14.7 Å². The quantitative estimate of drug-likeness (QED) is 0.827. The lowest BCUT2D eigenvalue weighted by Crippen LogP contribution is -2.47. The molecule has 0 bridgehead atoms. The number of hydrogen-bond acceptors (Lipinski definition) is 2. The van der Waals surface area contributed by atoms with Crippen LogP contribution in [-0.4, -0.2) is 26.7 Å². The molecule has 2 rings (SSSR count). The molecule has 0 saturated heterocycles. The fraction of sp³-hybridized carbons (Fsp3) is 0.462. The molecule has 0 atom stereocenters. The summed E-state index contributed by atoms with van der Waals surface area (Å²) >= 11 is 12.0. The molecular formula is C13H17Cl2N3. The minimum Gasteiger partial charge on any atom is -0.307 e. The van der Waals surface area contributed by atoms with Crippen molar-refractivity contribution in [2.45, 2.75) is 25.4 Å². The number of halogens is 2. The lowest BCUT2D eigenvalue weighted by molar-refractivity contribution is 0.383. The van der Waals surface area contributed by atoms with Crippen LogP contribution in [0.25, 0.3) is 5.65 Å². The molecule has 0 radical (unpaired) electrons. The Labute approximate surface area is 117 Å². The Balaban J connectivity index is 2.09. The molecule has 0 unspecified atom stereocenters. The van der Waals surface area contributed by atoms with Gasteiger partial charge < -0.3 is 9.72 Å². The van der Waals surface area contributed by atoms with E-state index in [0.717, 1.165) is 17.8 Å². The minimum absolute atomic E-state index is 0.209. The first kappa shape index (κ1) is 13.7. The van der Waals surface area contributed by atoms with Gasteiger partial charge in [0.2, 0.25) is 0 Å². The fourth-order valence-corrected chi connectivity index (χ4v) is 2.65. The van der Waals surface area contributed by atoms with E-state index in [1.807, 2.05) is 35.0 Å². The molecule has 0 saturated carbocycles. The van der Waals surface area contributed by atoms with Crippen LogP contribution in [0, 0.1) is 0 Å². The second-order valence-electron chi connectivity index (χ2n) is 4.45. The van der Waals surface area contributed by atoms with Crippen LogP contribution >= 0.6 is 23.2 Å². The average Bonchev–Trinajstić information content (AvgIpc) is 2.84. The number of aromatic nitrogens is 2. The van der Waals surface area contributed by atoms with Gasteiger partial charge in [0, 0.05) is 36.2 Å². The van der Waals surface area contributed by atoms with Crippen molar-refractivity contribution < 1.29 is 0 Å². The van der Waals surface area contributed by atoms with Crippen LogP contribution in [0.3, 0.4) is 0 Å². The van der Waals surface area contributed by atoms with Gasteiger partial charge in [0.15, 0.2) is 0 Å². The second-order valence-corrected chi connectivity index (χ2v) is 4.99. The van der Waals surface area contributed by atoms with Crippen molar-refractivity contribution in [3.8, 4) is 0 Å². The predicted octanol–water partition coefficient (Wildman–Crippen LogP) is 3.05. The van der Waals surface area contributed by atoms with Gasteiger partial charge >= 0.3 is 0 Å². The fourth-order valence-electron chi connectivity index (χ4n) is 1.79.